The number of aryl methyl sites for hydroxylation is 1. The number of nitrogens with zero attached hydrogens (tertiary/aromatic N) is 1. The van der Waals surface area contributed by atoms with Crippen LogP contribution >= 0.6 is 11.6 Å². The maximum absolute atomic E-state index is 6.22. The fraction of sp³-hybridized carbons (Fsp3) is 0.571. The normalized spacial score (nSPS) is 11.1. The van der Waals surface area contributed by atoms with E-state index in [1.54, 1.807) is 0 Å². The van der Waals surface area contributed by atoms with E-state index in [2.05, 4.69) is 43.2 Å². The van der Waals surface area contributed by atoms with Gasteiger partial charge >= 0.3 is 0 Å². The van der Waals surface area contributed by atoms with Gasteiger partial charge in [0.05, 0.1) is 0 Å². The Balaban J connectivity index is 2.37. The highest BCUT2D eigenvalue weighted by molar-refractivity contribution is 6.31. The summed E-state index contributed by atoms with van der Waals surface area (Å²) in [6.07, 6.45) is 1.19. The summed E-state index contributed by atoms with van der Waals surface area (Å²) < 4.78 is 0. The first-order chi connectivity index (χ1) is 8.13. The van der Waals surface area contributed by atoms with Gasteiger partial charge in [-0.2, -0.15) is 0 Å². The lowest BCUT2D eigenvalue weighted by atomic mass is 10.1. The van der Waals surface area contributed by atoms with Crippen LogP contribution in [-0.2, 0) is 6.54 Å². The Hall–Kier alpha value is -0.570. The molecule has 0 heterocycles. The topological polar surface area (TPSA) is 15.3 Å². The zero-order valence-electron chi connectivity index (χ0n) is 11.1. The molecule has 1 rings (SSSR count). The predicted octanol–water partition coefficient (Wildman–Crippen LogP) is 3.08. The van der Waals surface area contributed by atoms with Crippen molar-refractivity contribution in [1.82, 2.24) is 10.2 Å². The molecule has 1 N–H and O–H groups in total. The molecule has 0 aliphatic carbocycles. The molecule has 0 aliphatic rings. The number of hydrogen-bond donors (Lipinski definition) is 1. The average molecular weight is 255 g/mol. The smallest absolute Gasteiger partial charge is 0.0453 e. The van der Waals surface area contributed by atoms with E-state index in [9.17, 15) is 0 Å². The Bertz CT molecular complexity index is 339. The van der Waals surface area contributed by atoms with E-state index < -0.39 is 0 Å². The van der Waals surface area contributed by atoms with Gasteiger partial charge in [0.1, 0.15) is 0 Å². The van der Waals surface area contributed by atoms with E-state index in [4.69, 9.17) is 11.6 Å². The number of benzene rings is 1. The molecule has 0 aromatic heterocycles. The van der Waals surface area contributed by atoms with Crippen LogP contribution in [0.2, 0.25) is 5.02 Å². The monoisotopic (exact) mass is 254 g/mol. The van der Waals surface area contributed by atoms with Gasteiger partial charge in [0.15, 0.2) is 0 Å². The number of likely N-dealkylation sites (N-methyl/N-ethyl adjacent to an activating group) is 1. The van der Waals surface area contributed by atoms with Gasteiger partial charge in [-0.3, -0.25) is 0 Å². The van der Waals surface area contributed by atoms with Crippen molar-refractivity contribution in [1.29, 1.82) is 0 Å². The number of nitrogens with one attached hydrogen (secondary N) is 1. The first-order valence-electron chi connectivity index (χ1n) is 6.27. The lowest BCUT2D eigenvalue weighted by molar-refractivity contribution is 0.324. The van der Waals surface area contributed by atoms with Crippen molar-refractivity contribution in [3.8, 4) is 0 Å². The fourth-order valence-electron chi connectivity index (χ4n) is 1.72. The summed E-state index contributed by atoms with van der Waals surface area (Å²) in [5.74, 6) is 0. The summed E-state index contributed by atoms with van der Waals surface area (Å²) in [6, 6.07) is 6.26. The summed E-state index contributed by atoms with van der Waals surface area (Å²) in [5.41, 5.74) is 2.42. The molecule has 0 aliphatic heterocycles. The third-order valence-electron chi connectivity index (χ3n) is 2.75. The highest BCUT2D eigenvalue weighted by Crippen LogP contribution is 2.18. The van der Waals surface area contributed by atoms with Gasteiger partial charge in [-0.05, 0) is 44.1 Å². The van der Waals surface area contributed by atoms with Crippen LogP contribution in [-0.4, -0.2) is 31.6 Å². The Labute approximate surface area is 110 Å². The number of rotatable bonds is 7. The first kappa shape index (κ1) is 14.5. The van der Waals surface area contributed by atoms with Crippen molar-refractivity contribution in [3.63, 3.8) is 0 Å². The third-order valence-corrected chi connectivity index (χ3v) is 3.10. The molecule has 0 amide bonds. The Morgan fingerprint density at radius 1 is 1.29 bits per heavy atom. The second-order valence-electron chi connectivity index (χ2n) is 4.58. The fourth-order valence-corrected chi connectivity index (χ4v) is 2.02. The quantitative estimate of drug-likeness (QED) is 0.753. The van der Waals surface area contributed by atoms with E-state index in [1.807, 2.05) is 6.07 Å². The van der Waals surface area contributed by atoms with Crippen molar-refractivity contribution < 1.29 is 0 Å². The van der Waals surface area contributed by atoms with E-state index in [0.717, 1.165) is 31.2 Å². The minimum Gasteiger partial charge on any atom is -0.315 e. The first-order valence-corrected chi connectivity index (χ1v) is 6.65. The summed E-state index contributed by atoms with van der Waals surface area (Å²) in [6.45, 7) is 8.33. The Morgan fingerprint density at radius 2 is 2.06 bits per heavy atom. The zero-order valence-corrected chi connectivity index (χ0v) is 11.8. The molecule has 0 spiro atoms. The van der Waals surface area contributed by atoms with E-state index >= 15 is 0 Å². The molecular formula is C14H23ClN2. The number of halogens is 1. The van der Waals surface area contributed by atoms with Gasteiger partial charge in [-0.1, -0.05) is 30.7 Å². The number of hydrogen-bond acceptors (Lipinski definition) is 2. The largest absolute Gasteiger partial charge is 0.315 e. The molecule has 1 aromatic rings. The summed E-state index contributed by atoms with van der Waals surface area (Å²) in [4.78, 5) is 2.29. The molecular weight excluding hydrogens is 232 g/mol. The van der Waals surface area contributed by atoms with E-state index in [-0.39, 0.29) is 0 Å². The van der Waals surface area contributed by atoms with E-state index in [0.29, 0.717) is 0 Å². The second kappa shape index (κ2) is 7.70. The molecule has 2 nitrogen and oxygen atoms in total. The minimum absolute atomic E-state index is 0.873. The van der Waals surface area contributed by atoms with Gasteiger partial charge in [0.25, 0.3) is 0 Å². The molecule has 0 bridgehead atoms. The van der Waals surface area contributed by atoms with Crippen molar-refractivity contribution >= 4 is 11.6 Å². The Kier molecular flexibility index (Phi) is 6.56. The van der Waals surface area contributed by atoms with Crippen LogP contribution in [0, 0.1) is 6.92 Å². The Morgan fingerprint density at radius 3 is 2.71 bits per heavy atom. The molecule has 0 saturated carbocycles. The molecule has 0 saturated heterocycles. The second-order valence-corrected chi connectivity index (χ2v) is 4.99. The predicted molar refractivity (Wildman–Crippen MR) is 75.7 cm³/mol. The minimum atomic E-state index is 0.873. The van der Waals surface area contributed by atoms with Crippen LogP contribution in [0.15, 0.2) is 18.2 Å². The summed E-state index contributed by atoms with van der Waals surface area (Å²) in [7, 11) is 2.13. The van der Waals surface area contributed by atoms with Crippen molar-refractivity contribution in [2.45, 2.75) is 26.8 Å². The molecule has 0 radical (unpaired) electrons. The van der Waals surface area contributed by atoms with Crippen molar-refractivity contribution in [3.05, 3.63) is 34.3 Å². The van der Waals surface area contributed by atoms with Crippen LogP contribution in [0.1, 0.15) is 24.5 Å². The maximum atomic E-state index is 6.22. The molecule has 17 heavy (non-hydrogen) atoms. The average Bonchev–Trinajstić information content (AvgIpc) is 2.28. The van der Waals surface area contributed by atoms with Crippen LogP contribution in [0.25, 0.3) is 0 Å². The van der Waals surface area contributed by atoms with Gasteiger partial charge in [-0.15, -0.1) is 0 Å². The van der Waals surface area contributed by atoms with Gasteiger partial charge in [0.2, 0.25) is 0 Å². The highest BCUT2D eigenvalue weighted by Gasteiger charge is 2.04. The van der Waals surface area contributed by atoms with Gasteiger partial charge in [0, 0.05) is 24.7 Å². The van der Waals surface area contributed by atoms with Crippen molar-refractivity contribution in [2.24, 2.45) is 0 Å². The lowest BCUT2D eigenvalue weighted by Gasteiger charge is -2.18. The SMILES string of the molecule is CCCNCCN(C)Cc1ccc(C)cc1Cl. The molecule has 96 valence electrons. The van der Waals surface area contributed by atoms with Crippen LogP contribution in [0.5, 0.6) is 0 Å². The standard InChI is InChI=1S/C14H23ClN2/c1-4-7-16-8-9-17(3)11-13-6-5-12(2)10-14(13)15/h5-6,10,16H,4,7-9,11H2,1-3H3. The van der Waals surface area contributed by atoms with Gasteiger partial charge < -0.3 is 10.2 Å². The molecule has 0 fully saturated rings. The molecule has 3 heteroatoms. The molecule has 0 unspecified atom stereocenters. The maximum Gasteiger partial charge on any atom is 0.0453 e. The zero-order chi connectivity index (χ0) is 12.7. The van der Waals surface area contributed by atoms with E-state index in [1.165, 1.54) is 17.5 Å². The van der Waals surface area contributed by atoms with Crippen LogP contribution in [0.3, 0.4) is 0 Å². The third kappa shape index (κ3) is 5.53. The lowest BCUT2D eigenvalue weighted by Crippen LogP contribution is -2.29. The highest BCUT2D eigenvalue weighted by atomic mass is 35.5. The molecule has 0 atom stereocenters. The molecule has 1 aromatic carbocycles. The summed E-state index contributed by atoms with van der Waals surface area (Å²) in [5, 5.41) is 4.27. The van der Waals surface area contributed by atoms with Gasteiger partial charge in [-0.25, -0.2) is 0 Å². The summed E-state index contributed by atoms with van der Waals surface area (Å²) >= 11 is 6.22. The van der Waals surface area contributed by atoms with Crippen LogP contribution in [0.4, 0.5) is 0 Å². The van der Waals surface area contributed by atoms with Crippen molar-refractivity contribution in [2.75, 3.05) is 26.7 Å². The van der Waals surface area contributed by atoms with Crippen LogP contribution < -0.4 is 5.32 Å².